The SMILES string of the molecule is CC(=O)Nc1ccc(CC(=O)SCC(NC(C)=O)C(C)=O)cc1. The van der Waals surface area contributed by atoms with Crippen molar-refractivity contribution in [1.29, 1.82) is 0 Å². The van der Waals surface area contributed by atoms with E-state index in [1.165, 1.54) is 20.8 Å². The Kier molecular flexibility index (Phi) is 7.47. The quantitative estimate of drug-likeness (QED) is 0.788. The number of thioether (sulfide) groups is 1. The van der Waals surface area contributed by atoms with Gasteiger partial charge in [-0.3, -0.25) is 19.2 Å². The van der Waals surface area contributed by atoms with Gasteiger partial charge in [0.25, 0.3) is 0 Å². The first kappa shape index (κ1) is 18.9. The minimum atomic E-state index is -0.649. The smallest absolute Gasteiger partial charge is 0.221 e. The lowest BCUT2D eigenvalue weighted by Gasteiger charge is -2.13. The number of Topliss-reactive ketones (excluding diaryl/α,β-unsaturated/α-hetero) is 1. The Labute approximate surface area is 139 Å². The lowest BCUT2D eigenvalue weighted by Crippen LogP contribution is -2.40. The van der Waals surface area contributed by atoms with Gasteiger partial charge in [0, 0.05) is 31.7 Å². The van der Waals surface area contributed by atoms with Crippen LogP contribution in [-0.4, -0.2) is 34.5 Å². The number of benzene rings is 1. The standard InChI is InChI=1S/C16H20N2O4S/c1-10(19)15(18-12(3)21)9-23-16(22)8-13-4-6-14(7-5-13)17-11(2)20/h4-7,15H,8-9H2,1-3H3,(H,17,20)(H,18,21). The summed E-state index contributed by atoms with van der Waals surface area (Å²) in [4.78, 5) is 45.3. The predicted molar refractivity (Wildman–Crippen MR) is 90.2 cm³/mol. The fraction of sp³-hybridized carbons (Fsp3) is 0.375. The Morgan fingerprint density at radius 1 is 1.00 bits per heavy atom. The van der Waals surface area contributed by atoms with E-state index in [9.17, 15) is 19.2 Å². The van der Waals surface area contributed by atoms with E-state index in [0.717, 1.165) is 17.3 Å². The van der Waals surface area contributed by atoms with E-state index in [1.807, 2.05) is 0 Å². The summed E-state index contributed by atoms with van der Waals surface area (Å²) in [5.74, 6) is -0.415. The summed E-state index contributed by atoms with van der Waals surface area (Å²) in [5, 5.41) is 5.08. The zero-order valence-corrected chi connectivity index (χ0v) is 14.2. The fourth-order valence-corrected chi connectivity index (χ4v) is 2.75. The number of hydrogen-bond acceptors (Lipinski definition) is 5. The van der Waals surface area contributed by atoms with E-state index in [-0.39, 0.29) is 34.9 Å². The van der Waals surface area contributed by atoms with Crippen LogP contribution in [0.2, 0.25) is 0 Å². The molecule has 23 heavy (non-hydrogen) atoms. The molecule has 0 saturated heterocycles. The van der Waals surface area contributed by atoms with E-state index in [0.29, 0.717) is 5.69 Å². The van der Waals surface area contributed by atoms with Gasteiger partial charge < -0.3 is 10.6 Å². The number of carbonyl (C=O) groups is 4. The van der Waals surface area contributed by atoms with Gasteiger partial charge in [-0.2, -0.15) is 0 Å². The molecule has 0 saturated carbocycles. The van der Waals surface area contributed by atoms with E-state index in [2.05, 4.69) is 10.6 Å². The van der Waals surface area contributed by atoms with Crippen LogP contribution < -0.4 is 10.6 Å². The van der Waals surface area contributed by atoms with Crippen LogP contribution in [0.4, 0.5) is 5.69 Å². The molecule has 0 aliphatic carbocycles. The molecule has 0 fully saturated rings. The van der Waals surface area contributed by atoms with Crippen LogP contribution in [0.25, 0.3) is 0 Å². The van der Waals surface area contributed by atoms with Gasteiger partial charge in [0.05, 0.1) is 6.04 Å². The summed E-state index contributed by atoms with van der Waals surface area (Å²) >= 11 is 1.02. The third-order valence-corrected chi connectivity index (χ3v) is 3.87. The zero-order valence-electron chi connectivity index (χ0n) is 13.3. The summed E-state index contributed by atoms with van der Waals surface area (Å²) < 4.78 is 0. The molecule has 0 spiro atoms. The second-order valence-corrected chi connectivity index (χ2v) is 6.18. The molecule has 0 aliphatic heterocycles. The molecule has 1 aromatic rings. The Balaban J connectivity index is 2.51. The highest BCUT2D eigenvalue weighted by Gasteiger charge is 2.17. The lowest BCUT2D eigenvalue weighted by atomic mass is 10.1. The Morgan fingerprint density at radius 2 is 1.61 bits per heavy atom. The first-order chi connectivity index (χ1) is 10.8. The molecule has 1 atom stereocenters. The maximum Gasteiger partial charge on any atom is 0.221 e. The topological polar surface area (TPSA) is 92.3 Å². The summed E-state index contributed by atoms with van der Waals surface area (Å²) in [7, 11) is 0. The van der Waals surface area contributed by atoms with Crippen molar-refractivity contribution >= 4 is 40.2 Å². The van der Waals surface area contributed by atoms with Crippen LogP contribution in [0.1, 0.15) is 26.3 Å². The third kappa shape index (κ3) is 7.60. The van der Waals surface area contributed by atoms with Crippen molar-refractivity contribution in [2.24, 2.45) is 0 Å². The number of ketones is 1. The van der Waals surface area contributed by atoms with Gasteiger partial charge in [-0.1, -0.05) is 23.9 Å². The average Bonchev–Trinajstić information content (AvgIpc) is 2.44. The second-order valence-electron chi connectivity index (χ2n) is 5.10. The van der Waals surface area contributed by atoms with E-state index in [4.69, 9.17) is 0 Å². The molecule has 1 aromatic carbocycles. The monoisotopic (exact) mass is 336 g/mol. The molecule has 0 radical (unpaired) electrons. The fourth-order valence-electron chi connectivity index (χ4n) is 1.81. The van der Waals surface area contributed by atoms with E-state index >= 15 is 0 Å². The summed E-state index contributed by atoms with van der Waals surface area (Å²) in [6.07, 6.45) is 0.218. The maximum absolute atomic E-state index is 12.0. The Morgan fingerprint density at radius 3 is 2.09 bits per heavy atom. The highest BCUT2D eigenvalue weighted by Crippen LogP contribution is 2.14. The normalized spacial score (nSPS) is 11.4. The molecular weight excluding hydrogens is 316 g/mol. The second kappa shape index (κ2) is 9.09. The van der Waals surface area contributed by atoms with Gasteiger partial charge >= 0.3 is 0 Å². The molecule has 1 rings (SSSR count). The number of anilines is 1. The van der Waals surface area contributed by atoms with Crippen LogP contribution in [0, 0.1) is 0 Å². The Hall–Kier alpha value is -2.15. The molecule has 0 aromatic heterocycles. The van der Waals surface area contributed by atoms with Crippen LogP contribution in [0.5, 0.6) is 0 Å². The van der Waals surface area contributed by atoms with Gasteiger partial charge in [0.1, 0.15) is 0 Å². The molecule has 7 heteroatoms. The molecule has 2 amide bonds. The summed E-state index contributed by atoms with van der Waals surface area (Å²) in [5.41, 5.74) is 1.49. The number of nitrogens with one attached hydrogen (secondary N) is 2. The molecule has 2 N–H and O–H groups in total. The predicted octanol–water partition coefficient (Wildman–Crippen LogP) is 1.54. The number of rotatable bonds is 7. The first-order valence-electron chi connectivity index (χ1n) is 7.07. The van der Waals surface area contributed by atoms with E-state index in [1.54, 1.807) is 24.3 Å². The molecule has 0 bridgehead atoms. The van der Waals surface area contributed by atoms with Crippen molar-refractivity contribution in [3.63, 3.8) is 0 Å². The van der Waals surface area contributed by atoms with Crippen LogP contribution in [0.15, 0.2) is 24.3 Å². The summed E-state index contributed by atoms with van der Waals surface area (Å²) in [6, 6.07) is 6.33. The van der Waals surface area contributed by atoms with Crippen LogP contribution >= 0.6 is 11.8 Å². The van der Waals surface area contributed by atoms with Crippen molar-refractivity contribution < 1.29 is 19.2 Å². The van der Waals surface area contributed by atoms with Crippen molar-refractivity contribution in [2.45, 2.75) is 33.2 Å². The van der Waals surface area contributed by atoms with Gasteiger partial charge in [-0.05, 0) is 24.6 Å². The van der Waals surface area contributed by atoms with Crippen LogP contribution in [0.3, 0.4) is 0 Å². The highest BCUT2D eigenvalue weighted by atomic mass is 32.2. The molecule has 6 nitrogen and oxygen atoms in total. The maximum atomic E-state index is 12.0. The van der Waals surface area contributed by atoms with Crippen molar-refractivity contribution in [1.82, 2.24) is 5.32 Å². The molecule has 124 valence electrons. The molecule has 0 heterocycles. The third-order valence-electron chi connectivity index (χ3n) is 2.90. The Bertz CT molecular complexity index is 599. The number of carbonyl (C=O) groups excluding carboxylic acids is 4. The van der Waals surface area contributed by atoms with Gasteiger partial charge in [-0.15, -0.1) is 0 Å². The number of amides is 2. The molecule has 1 unspecified atom stereocenters. The minimum Gasteiger partial charge on any atom is -0.346 e. The van der Waals surface area contributed by atoms with Crippen LogP contribution in [-0.2, 0) is 25.6 Å². The van der Waals surface area contributed by atoms with Gasteiger partial charge in [0.15, 0.2) is 10.9 Å². The molecular formula is C16H20N2O4S. The average molecular weight is 336 g/mol. The van der Waals surface area contributed by atoms with Crippen molar-refractivity contribution in [3.05, 3.63) is 29.8 Å². The minimum absolute atomic E-state index is 0.0890. The summed E-state index contributed by atoms with van der Waals surface area (Å²) in [6.45, 7) is 4.14. The lowest BCUT2D eigenvalue weighted by molar-refractivity contribution is -0.125. The number of hydrogen-bond donors (Lipinski definition) is 2. The van der Waals surface area contributed by atoms with Crippen molar-refractivity contribution in [3.8, 4) is 0 Å². The largest absolute Gasteiger partial charge is 0.346 e. The highest BCUT2D eigenvalue weighted by molar-refractivity contribution is 8.13. The zero-order chi connectivity index (χ0) is 17.4. The first-order valence-corrected chi connectivity index (χ1v) is 8.06. The van der Waals surface area contributed by atoms with Gasteiger partial charge in [-0.25, -0.2) is 0 Å². The van der Waals surface area contributed by atoms with Gasteiger partial charge in [0.2, 0.25) is 11.8 Å². The van der Waals surface area contributed by atoms with E-state index < -0.39 is 6.04 Å². The molecule has 0 aliphatic rings. The van der Waals surface area contributed by atoms with Crippen molar-refractivity contribution in [2.75, 3.05) is 11.1 Å².